The molecule has 5 rings (SSSR count). The van der Waals surface area contributed by atoms with Crippen LogP contribution in [0.3, 0.4) is 0 Å². The number of piperidine rings is 1. The van der Waals surface area contributed by atoms with E-state index < -0.39 is 0 Å². The van der Waals surface area contributed by atoms with Gasteiger partial charge in [0.15, 0.2) is 0 Å². The van der Waals surface area contributed by atoms with Crippen molar-refractivity contribution in [1.29, 1.82) is 0 Å². The molecule has 3 nitrogen and oxygen atoms in total. The topological polar surface area (TPSA) is 40.5 Å². The minimum absolute atomic E-state index is 0.0935. The summed E-state index contributed by atoms with van der Waals surface area (Å²) in [7, 11) is 0. The third kappa shape index (κ3) is 2.03. The quantitative estimate of drug-likeness (QED) is 0.906. The Morgan fingerprint density at radius 1 is 1.29 bits per heavy atom. The zero-order valence-corrected chi connectivity index (χ0v) is 14.6. The first-order chi connectivity index (χ1) is 11.6. The molecule has 0 spiro atoms. The van der Waals surface area contributed by atoms with Crippen LogP contribution in [0.1, 0.15) is 55.2 Å². The second kappa shape index (κ2) is 5.08. The van der Waals surface area contributed by atoms with Crippen LogP contribution in [-0.2, 0) is 16.6 Å². The van der Waals surface area contributed by atoms with E-state index in [0.717, 1.165) is 49.3 Å². The SMILES string of the molecule is Cc1ccc2c(c1O)[C@@]13CCN(CC4CC4)C(C2)C1CCC(=O)C3. The number of nitrogens with zero attached hydrogens (tertiary/aromatic N) is 1. The molecule has 1 N–H and O–H groups in total. The van der Waals surface area contributed by atoms with Crippen LogP contribution in [0, 0.1) is 18.8 Å². The number of Topliss-reactive ketones (excluding diaryl/α,β-unsaturated/α-hetero) is 1. The first-order valence-corrected chi connectivity index (χ1v) is 9.66. The maximum atomic E-state index is 12.4. The zero-order chi connectivity index (χ0) is 16.5. The fraction of sp³-hybridized carbons (Fsp3) is 0.667. The lowest BCUT2D eigenvalue weighted by molar-refractivity contribution is -0.127. The molecular weight excluding hydrogens is 298 g/mol. The number of carbonyl (C=O) groups excluding carboxylic acids is 1. The number of phenolic OH excluding ortho intramolecular Hbond substituents is 1. The molecule has 2 unspecified atom stereocenters. The molecule has 1 aromatic carbocycles. The molecule has 1 saturated heterocycles. The lowest BCUT2D eigenvalue weighted by atomic mass is 9.51. The number of fused-ring (bicyclic) bond motifs is 1. The highest BCUT2D eigenvalue weighted by Crippen LogP contribution is 2.57. The normalized spacial score (nSPS) is 35.5. The van der Waals surface area contributed by atoms with E-state index in [4.69, 9.17) is 0 Å². The Bertz CT molecular complexity index is 708. The molecule has 2 bridgehead atoms. The van der Waals surface area contributed by atoms with Gasteiger partial charge < -0.3 is 5.11 Å². The van der Waals surface area contributed by atoms with Crippen LogP contribution < -0.4 is 0 Å². The fourth-order valence-electron chi connectivity index (χ4n) is 5.98. The number of ketones is 1. The molecule has 2 saturated carbocycles. The van der Waals surface area contributed by atoms with E-state index in [1.54, 1.807) is 0 Å². The van der Waals surface area contributed by atoms with E-state index in [0.29, 0.717) is 29.9 Å². The molecule has 0 aromatic heterocycles. The number of hydrogen-bond donors (Lipinski definition) is 1. The van der Waals surface area contributed by atoms with Crippen LogP contribution in [0.2, 0.25) is 0 Å². The number of phenols is 1. The first-order valence-electron chi connectivity index (χ1n) is 9.66. The summed E-state index contributed by atoms with van der Waals surface area (Å²) in [5.41, 5.74) is 3.31. The molecular formula is C21H27NO2. The summed E-state index contributed by atoms with van der Waals surface area (Å²) in [6.07, 6.45) is 7.28. The van der Waals surface area contributed by atoms with Crippen molar-refractivity contribution in [1.82, 2.24) is 4.90 Å². The largest absolute Gasteiger partial charge is 0.507 e. The highest BCUT2D eigenvalue weighted by atomic mass is 16.3. The summed E-state index contributed by atoms with van der Waals surface area (Å²) in [6.45, 7) is 4.33. The van der Waals surface area contributed by atoms with Crippen molar-refractivity contribution in [2.75, 3.05) is 13.1 Å². The van der Waals surface area contributed by atoms with Gasteiger partial charge >= 0.3 is 0 Å². The molecule has 24 heavy (non-hydrogen) atoms. The lowest BCUT2D eigenvalue weighted by Crippen LogP contribution is -2.62. The van der Waals surface area contributed by atoms with Gasteiger partial charge in [0.2, 0.25) is 0 Å². The average molecular weight is 325 g/mol. The van der Waals surface area contributed by atoms with E-state index in [1.807, 2.05) is 6.92 Å². The Balaban J connectivity index is 1.63. The molecule has 1 aromatic rings. The van der Waals surface area contributed by atoms with Crippen LogP contribution in [0.15, 0.2) is 12.1 Å². The third-order valence-corrected chi connectivity index (χ3v) is 7.32. The first kappa shape index (κ1) is 14.9. The van der Waals surface area contributed by atoms with Gasteiger partial charge in [-0.1, -0.05) is 12.1 Å². The highest BCUT2D eigenvalue weighted by Gasteiger charge is 2.56. The minimum atomic E-state index is -0.0935. The van der Waals surface area contributed by atoms with Gasteiger partial charge in [-0.15, -0.1) is 0 Å². The predicted octanol–water partition coefficient (Wildman–Crippen LogP) is 3.35. The number of rotatable bonds is 2. The molecule has 1 heterocycles. The maximum absolute atomic E-state index is 12.4. The Labute approximate surface area is 144 Å². The Hall–Kier alpha value is -1.35. The standard InChI is InChI=1S/C21H27NO2/c1-13-2-5-15-10-18-17-7-6-16(23)11-21(17,19(15)20(13)24)8-9-22(18)12-14-3-4-14/h2,5,14,17-18,24H,3-4,6-12H2,1H3/t17?,18?,21-/m1/s1. The van der Waals surface area contributed by atoms with Crippen LogP contribution in [0.4, 0.5) is 0 Å². The number of carbonyl (C=O) groups is 1. The summed E-state index contributed by atoms with van der Waals surface area (Å²) in [4.78, 5) is 15.1. The van der Waals surface area contributed by atoms with Gasteiger partial charge in [0.1, 0.15) is 11.5 Å². The van der Waals surface area contributed by atoms with Gasteiger partial charge in [0.25, 0.3) is 0 Å². The second-order valence-electron chi connectivity index (χ2n) is 8.74. The Morgan fingerprint density at radius 2 is 2.12 bits per heavy atom. The summed E-state index contributed by atoms with van der Waals surface area (Å²) < 4.78 is 0. The van der Waals surface area contributed by atoms with Crippen LogP contribution in [0.5, 0.6) is 5.75 Å². The summed E-state index contributed by atoms with van der Waals surface area (Å²) >= 11 is 0. The van der Waals surface area contributed by atoms with Gasteiger partial charge in [0, 0.05) is 36.4 Å². The van der Waals surface area contributed by atoms with Crippen molar-refractivity contribution in [3.63, 3.8) is 0 Å². The van der Waals surface area contributed by atoms with Crippen molar-refractivity contribution in [2.45, 2.75) is 63.3 Å². The molecule has 3 heteroatoms. The van der Waals surface area contributed by atoms with Gasteiger partial charge in [-0.2, -0.15) is 0 Å². The maximum Gasteiger partial charge on any atom is 0.133 e. The molecule has 1 aliphatic heterocycles. The Kier molecular flexibility index (Phi) is 3.16. The number of aryl methyl sites for hydroxylation is 1. The van der Waals surface area contributed by atoms with Crippen molar-refractivity contribution in [2.24, 2.45) is 11.8 Å². The number of aromatic hydroxyl groups is 1. The molecule has 3 aliphatic carbocycles. The molecule has 4 aliphatic rings. The van der Waals surface area contributed by atoms with Gasteiger partial charge in [-0.05, 0) is 68.5 Å². The summed E-state index contributed by atoms with van der Waals surface area (Å²) in [5, 5.41) is 10.9. The monoisotopic (exact) mass is 325 g/mol. The fourth-order valence-corrected chi connectivity index (χ4v) is 5.98. The van der Waals surface area contributed by atoms with Gasteiger partial charge in [-0.3, -0.25) is 9.69 Å². The predicted molar refractivity (Wildman–Crippen MR) is 93.3 cm³/mol. The van der Waals surface area contributed by atoms with Crippen molar-refractivity contribution in [3.05, 3.63) is 28.8 Å². The van der Waals surface area contributed by atoms with Gasteiger partial charge in [-0.25, -0.2) is 0 Å². The lowest BCUT2D eigenvalue weighted by Gasteiger charge is -2.58. The molecule has 3 fully saturated rings. The molecule has 128 valence electrons. The van der Waals surface area contributed by atoms with E-state index >= 15 is 0 Å². The van der Waals surface area contributed by atoms with E-state index in [1.165, 1.54) is 24.9 Å². The number of likely N-dealkylation sites (tertiary alicyclic amines) is 1. The third-order valence-electron chi connectivity index (χ3n) is 7.32. The Morgan fingerprint density at radius 3 is 2.92 bits per heavy atom. The van der Waals surface area contributed by atoms with Crippen molar-refractivity contribution in [3.8, 4) is 5.75 Å². The summed E-state index contributed by atoms with van der Waals surface area (Å²) in [5.74, 6) is 2.33. The van der Waals surface area contributed by atoms with E-state index in [2.05, 4.69) is 17.0 Å². The van der Waals surface area contributed by atoms with E-state index in [9.17, 15) is 9.90 Å². The smallest absolute Gasteiger partial charge is 0.133 e. The summed E-state index contributed by atoms with van der Waals surface area (Å²) in [6, 6.07) is 4.84. The molecule has 0 radical (unpaired) electrons. The highest BCUT2D eigenvalue weighted by molar-refractivity contribution is 5.82. The minimum Gasteiger partial charge on any atom is -0.507 e. The zero-order valence-electron chi connectivity index (χ0n) is 14.6. The number of benzene rings is 1. The van der Waals surface area contributed by atoms with E-state index in [-0.39, 0.29) is 5.41 Å². The van der Waals surface area contributed by atoms with Crippen molar-refractivity contribution < 1.29 is 9.90 Å². The van der Waals surface area contributed by atoms with Crippen LogP contribution in [0.25, 0.3) is 0 Å². The van der Waals surface area contributed by atoms with Crippen LogP contribution >= 0.6 is 0 Å². The van der Waals surface area contributed by atoms with Gasteiger partial charge in [0.05, 0.1) is 0 Å². The van der Waals surface area contributed by atoms with Crippen molar-refractivity contribution >= 4 is 5.78 Å². The second-order valence-corrected chi connectivity index (χ2v) is 8.74. The molecule has 3 atom stereocenters. The number of hydrogen-bond acceptors (Lipinski definition) is 3. The average Bonchev–Trinajstić information content (AvgIpc) is 3.37. The van der Waals surface area contributed by atoms with Crippen LogP contribution in [-0.4, -0.2) is 34.9 Å². The molecule has 0 amide bonds.